The molecule has 2 aliphatic rings. The van der Waals surface area contributed by atoms with E-state index >= 15 is 0 Å². The first-order chi connectivity index (χ1) is 20.6. The van der Waals surface area contributed by atoms with Gasteiger partial charge in [-0.3, -0.25) is 19.2 Å². The van der Waals surface area contributed by atoms with Gasteiger partial charge in [-0.1, -0.05) is 23.7 Å². The number of aromatic nitrogens is 2. The van der Waals surface area contributed by atoms with Gasteiger partial charge in [0, 0.05) is 23.6 Å². The summed E-state index contributed by atoms with van der Waals surface area (Å²) in [6.45, 7) is 5.78. The quantitative estimate of drug-likeness (QED) is 0.291. The number of alkyl carbamates (subject to hydrolysis) is 1. The van der Waals surface area contributed by atoms with E-state index in [0.29, 0.717) is 42.5 Å². The van der Waals surface area contributed by atoms with Crippen molar-refractivity contribution in [1.29, 1.82) is 0 Å². The maximum atomic E-state index is 13.6. The van der Waals surface area contributed by atoms with Gasteiger partial charge in [-0.2, -0.15) is 18.3 Å². The standard InChI is InChI=1S/C30H30ClF3N4O5S/c1-28(2,3)43-26(40)36-29(8-10-42-11-9-29)17-37-25(39)24(44-27(37)41)13-18-4-7-23-20(12-18)15-35-38(23)16-19-5-6-21(31)14-22(19)30(32,33)34/h4-7,12-15H,8-11,16-17H2,1-3H3,(H,36,40)/b24-13-. The predicted molar refractivity (Wildman–Crippen MR) is 160 cm³/mol. The first kappa shape index (κ1) is 31.9. The van der Waals surface area contributed by atoms with Crippen LogP contribution in [0.15, 0.2) is 47.5 Å². The van der Waals surface area contributed by atoms with Gasteiger partial charge in [0.15, 0.2) is 0 Å². The molecule has 2 saturated heterocycles. The van der Waals surface area contributed by atoms with Crippen LogP contribution in [0, 0.1) is 0 Å². The van der Waals surface area contributed by atoms with Crippen LogP contribution < -0.4 is 5.32 Å². The number of hydrogen-bond donors (Lipinski definition) is 1. The molecule has 44 heavy (non-hydrogen) atoms. The van der Waals surface area contributed by atoms with Gasteiger partial charge in [0.05, 0.1) is 40.8 Å². The van der Waals surface area contributed by atoms with E-state index in [9.17, 15) is 27.6 Å². The maximum Gasteiger partial charge on any atom is 0.416 e. The van der Waals surface area contributed by atoms with Crippen LogP contribution in [0.2, 0.25) is 5.02 Å². The van der Waals surface area contributed by atoms with Crippen LogP contribution in [0.3, 0.4) is 0 Å². The number of carbonyl (C=O) groups is 3. The van der Waals surface area contributed by atoms with E-state index in [0.717, 1.165) is 22.7 Å². The molecule has 0 aliphatic carbocycles. The van der Waals surface area contributed by atoms with E-state index < -0.39 is 40.1 Å². The predicted octanol–water partition coefficient (Wildman–Crippen LogP) is 6.87. The highest BCUT2D eigenvalue weighted by Crippen LogP contribution is 2.36. The Morgan fingerprint density at radius 2 is 1.89 bits per heavy atom. The molecule has 5 rings (SSSR count). The fourth-order valence-corrected chi connectivity index (χ4v) is 6.14. The van der Waals surface area contributed by atoms with E-state index in [1.807, 2.05) is 0 Å². The largest absolute Gasteiger partial charge is 0.444 e. The van der Waals surface area contributed by atoms with E-state index in [4.69, 9.17) is 21.1 Å². The third-order valence-electron chi connectivity index (χ3n) is 7.21. The van der Waals surface area contributed by atoms with Gasteiger partial charge in [0.2, 0.25) is 0 Å². The van der Waals surface area contributed by atoms with Crippen LogP contribution in [-0.2, 0) is 27.0 Å². The molecule has 2 aromatic carbocycles. The van der Waals surface area contributed by atoms with Crippen LogP contribution in [0.5, 0.6) is 0 Å². The Morgan fingerprint density at radius 1 is 1.16 bits per heavy atom. The van der Waals surface area contributed by atoms with Crippen LogP contribution in [0.4, 0.5) is 22.8 Å². The van der Waals surface area contributed by atoms with E-state index in [-0.39, 0.29) is 28.6 Å². The maximum absolute atomic E-state index is 13.6. The third-order valence-corrected chi connectivity index (χ3v) is 8.35. The number of fused-ring (bicyclic) bond motifs is 1. The fraction of sp³-hybridized carbons (Fsp3) is 0.400. The zero-order valence-electron chi connectivity index (χ0n) is 24.2. The molecule has 3 heterocycles. The Bertz CT molecular complexity index is 1640. The summed E-state index contributed by atoms with van der Waals surface area (Å²) in [5.74, 6) is -0.491. The van der Waals surface area contributed by atoms with E-state index in [1.165, 1.54) is 23.0 Å². The van der Waals surface area contributed by atoms with Crippen molar-refractivity contribution in [3.8, 4) is 0 Å². The first-order valence-electron chi connectivity index (χ1n) is 13.8. The molecule has 1 N–H and O–H groups in total. The second kappa shape index (κ2) is 12.1. The van der Waals surface area contributed by atoms with Crippen molar-refractivity contribution in [2.75, 3.05) is 19.8 Å². The molecule has 234 valence electrons. The smallest absolute Gasteiger partial charge is 0.416 e. The lowest BCUT2D eigenvalue weighted by atomic mass is 9.89. The van der Waals surface area contributed by atoms with Gasteiger partial charge in [-0.15, -0.1) is 0 Å². The van der Waals surface area contributed by atoms with Gasteiger partial charge >= 0.3 is 12.3 Å². The van der Waals surface area contributed by atoms with E-state index in [2.05, 4.69) is 10.4 Å². The highest BCUT2D eigenvalue weighted by Gasteiger charge is 2.44. The Kier molecular flexibility index (Phi) is 8.76. The molecule has 0 atom stereocenters. The topological polar surface area (TPSA) is 103 Å². The van der Waals surface area contributed by atoms with Crippen molar-refractivity contribution >= 4 is 57.6 Å². The summed E-state index contributed by atoms with van der Waals surface area (Å²) in [5, 5.41) is 7.32. The summed E-state index contributed by atoms with van der Waals surface area (Å²) in [6.07, 6.45) is -1.31. The van der Waals surface area contributed by atoms with Crippen LogP contribution in [0.25, 0.3) is 17.0 Å². The van der Waals surface area contributed by atoms with Crippen LogP contribution in [0.1, 0.15) is 50.3 Å². The van der Waals surface area contributed by atoms with Gasteiger partial charge in [-0.25, -0.2) is 4.79 Å². The van der Waals surface area contributed by atoms with Gasteiger partial charge in [0.25, 0.3) is 11.1 Å². The summed E-state index contributed by atoms with van der Waals surface area (Å²) >= 11 is 6.60. The minimum atomic E-state index is -4.57. The van der Waals surface area contributed by atoms with Crippen molar-refractivity contribution in [2.24, 2.45) is 0 Å². The van der Waals surface area contributed by atoms with Crippen molar-refractivity contribution in [3.05, 3.63) is 69.2 Å². The van der Waals surface area contributed by atoms with Gasteiger partial charge in [-0.05, 0) is 86.8 Å². The molecule has 0 saturated carbocycles. The molecule has 3 amide bonds. The minimum absolute atomic E-state index is 0.0114. The molecular weight excluding hydrogens is 621 g/mol. The monoisotopic (exact) mass is 650 g/mol. The van der Waals surface area contributed by atoms with Gasteiger partial charge < -0.3 is 14.8 Å². The molecule has 2 aliphatic heterocycles. The number of nitrogens with zero attached hydrogens (tertiary/aromatic N) is 3. The number of hydrogen-bond acceptors (Lipinski definition) is 7. The first-order valence-corrected chi connectivity index (χ1v) is 15.0. The molecule has 2 fully saturated rings. The number of benzene rings is 2. The van der Waals surface area contributed by atoms with Crippen molar-refractivity contribution in [3.63, 3.8) is 0 Å². The number of amides is 3. The average Bonchev–Trinajstić information content (AvgIpc) is 3.43. The number of imide groups is 1. The summed E-state index contributed by atoms with van der Waals surface area (Å²) in [5.41, 5.74) is -1.23. The number of carbonyl (C=O) groups excluding carboxylic acids is 3. The Labute approximate surface area is 260 Å². The van der Waals surface area contributed by atoms with Crippen LogP contribution in [-0.4, -0.2) is 62.8 Å². The molecule has 0 radical (unpaired) electrons. The number of rotatable bonds is 6. The molecular formula is C30H30ClF3N4O5S. The molecule has 1 aromatic heterocycles. The molecule has 0 bridgehead atoms. The SMILES string of the molecule is CC(C)(C)OC(=O)NC1(CN2C(=O)S/C(=C\c3ccc4c(cnn4Cc4ccc(Cl)cc4C(F)(F)F)c3)C2=O)CCOCC1. The average molecular weight is 651 g/mol. The summed E-state index contributed by atoms with van der Waals surface area (Å²) < 4.78 is 53.1. The number of ether oxygens (including phenoxy) is 2. The number of nitrogens with one attached hydrogen (secondary N) is 1. The Balaban J connectivity index is 1.34. The molecule has 14 heteroatoms. The zero-order chi connectivity index (χ0) is 31.9. The number of thioether (sulfide) groups is 1. The van der Waals surface area contributed by atoms with E-state index in [1.54, 1.807) is 45.0 Å². The summed E-state index contributed by atoms with van der Waals surface area (Å²) in [4.78, 5) is 40.3. The third kappa shape index (κ3) is 7.22. The van der Waals surface area contributed by atoms with Crippen molar-refractivity contribution in [1.82, 2.24) is 20.0 Å². The van der Waals surface area contributed by atoms with Crippen LogP contribution >= 0.6 is 23.4 Å². The fourth-order valence-electron chi connectivity index (χ4n) is 5.13. The Morgan fingerprint density at radius 3 is 2.57 bits per heavy atom. The lowest BCUT2D eigenvalue weighted by molar-refractivity contribution is -0.138. The lowest BCUT2D eigenvalue weighted by Gasteiger charge is -2.40. The highest BCUT2D eigenvalue weighted by atomic mass is 35.5. The molecule has 9 nitrogen and oxygen atoms in total. The minimum Gasteiger partial charge on any atom is -0.444 e. The second-order valence-electron chi connectivity index (χ2n) is 11.7. The molecule has 0 unspecified atom stereocenters. The lowest BCUT2D eigenvalue weighted by Crippen LogP contribution is -2.59. The zero-order valence-corrected chi connectivity index (χ0v) is 25.7. The van der Waals surface area contributed by atoms with Gasteiger partial charge in [0.1, 0.15) is 5.60 Å². The molecule has 3 aromatic rings. The molecule has 0 spiro atoms. The normalized spacial score (nSPS) is 18.3. The number of halogens is 4. The highest BCUT2D eigenvalue weighted by molar-refractivity contribution is 8.18. The summed E-state index contributed by atoms with van der Waals surface area (Å²) in [7, 11) is 0. The second-order valence-corrected chi connectivity index (χ2v) is 13.1. The van der Waals surface area contributed by atoms with Crippen molar-refractivity contribution < 1.29 is 37.0 Å². The summed E-state index contributed by atoms with van der Waals surface area (Å²) in [6, 6.07) is 8.76. The number of alkyl halides is 3. The van der Waals surface area contributed by atoms with Crippen molar-refractivity contribution in [2.45, 2.75) is 57.5 Å². The Hall–Kier alpha value is -3.55.